The zero-order valence-electron chi connectivity index (χ0n) is 14.1. The highest BCUT2D eigenvalue weighted by Crippen LogP contribution is 2.33. The van der Waals surface area contributed by atoms with E-state index >= 15 is 0 Å². The van der Waals surface area contributed by atoms with Gasteiger partial charge in [-0.3, -0.25) is 19.4 Å². The van der Waals surface area contributed by atoms with Crippen molar-refractivity contribution in [2.45, 2.75) is 32.2 Å². The van der Waals surface area contributed by atoms with E-state index in [2.05, 4.69) is 9.88 Å². The van der Waals surface area contributed by atoms with Crippen LogP contribution in [0, 0.1) is 0 Å². The summed E-state index contributed by atoms with van der Waals surface area (Å²) in [4.78, 5) is 37.4. The van der Waals surface area contributed by atoms with Gasteiger partial charge >= 0.3 is 5.97 Å². The van der Waals surface area contributed by atoms with Crippen molar-refractivity contribution in [2.24, 2.45) is 0 Å². The highest BCUT2D eigenvalue weighted by Gasteiger charge is 2.22. The van der Waals surface area contributed by atoms with Crippen LogP contribution < -0.4 is 5.56 Å². The topological polar surface area (TPSA) is 89.5 Å². The Balaban J connectivity index is 1.49. The molecule has 7 nitrogen and oxygen atoms in total. The summed E-state index contributed by atoms with van der Waals surface area (Å²) in [5.74, 6) is -0.0747. The molecule has 4 rings (SSSR count). The minimum atomic E-state index is -0.786. The number of nitrogens with one attached hydrogen (secondary N) is 1. The number of aliphatic carboxylic acids is 1. The molecule has 2 N–H and O–H groups in total. The number of carboxylic acid groups (broad SMARTS) is 1. The minimum Gasteiger partial charge on any atom is -0.480 e. The molecular weight excluding hydrogens is 340 g/mol. The molecule has 0 spiro atoms. The van der Waals surface area contributed by atoms with E-state index in [1.54, 1.807) is 11.3 Å². The lowest BCUT2D eigenvalue weighted by atomic mass is 9.97. The van der Waals surface area contributed by atoms with Gasteiger partial charge in [-0.2, -0.15) is 0 Å². The van der Waals surface area contributed by atoms with Gasteiger partial charge in [0.15, 0.2) is 0 Å². The molecule has 1 fully saturated rings. The van der Waals surface area contributed by atoms with Crippen LogP contribution in [0.5, 0.6) is 0 Å². The molecule has 1 aliphatic carbocycles. The number of rotatable bonds is 4. The summed E-state index contributed by atoms with van der Waals surface area (Å²) >= 11 is 1.67. The third kappa shape index (κ3) is 3.47. The summed E-state index contributed by atoms with van der Waals surface area (Å²) < 4.78 is 0. The number of hydrogen-bond donors (Lipinski definition) is 2. The largest absolute Gasteiger partial charge is 0.480 e. The second-order valence-electron chi connectivity index (χ2n) is 6.85. The molecule has 3 heterocycles. The number of H-pyrrole nitrogens is 1. The van der Waals surface area contributed by atoms with Gasteiger partial charge in [0.05, 0.1) is 18.5 Å². The third-order valence-corrected chi connectivity index (χ3v) is 6.26. The fourth-order valence-electron chi connectivity index (χ4n) is 3.79. The second-order valence-corrected chi connectivity index (χ2v) is 7.93. The van der Waals surface area contributed by atoms with E-state index < -0.39 is 5.97 Å². The molecular formula is C17H22N4O3S. The maximum absolute atomic E-state index is 12.6. The van der Waals surface area contributed by atoms with Gasteiger partial charge in [0.2, 0.25) is 0 Å². The standard InChI is InChI=1S/C17H22N4O3S/c22-14(23)10-21-7-5-20(6-8-21)9-13-18-16(24)15-11-3-1-2-4-12(11)25-17(15)19-13/h1-10H2,(H,22,23)(H,18,19,24). The van der Waals surface area contributed by atoms with Crippen LogP contribution in [-0.4, -0.2) is 63.6 Å². The van der Waals surface area contributed by atoms with Crippen molar-refractivity contribution in [1.82, 2.24) is 19.8 Å². The molecule has 25 heavy (non-hydrogen) atoms. The first-order valence-corrected chi connectivity index (χ1v) is 9.62. The molecule has 0 unspecified atom stereocenters. The number of aromatic nitrogens is 2. The van der Waals surface area contributed by atoms with Crippen molar-refractivity contribution in [3.63, 3.8) is 0 Å². The number of fused-ring (bicyclic) bond motifs is 3. The fourth-order valence-corrected chi connectivity index (χ4v) is 5.07. The average Bonchev–Trinajstić information content (AvgIpc) is 2.95. The lowest BCUT2D eigenvalue weighted by Gasteiger charge is -2.33. The van der Waals surface area contributed by atoms with Gasteiger partial charge in [-0.15, -0.1) is 11.3 Å². The van der Waals surface area contributed by atoms with Gasteiger partial charge < -0.3 is 10.1 Å². The Hall–Kier alpha value is -1.77. The summed E-state index contributed by atoms with van der Waals surface area (Å²) in [5.41, 5.74) is 1.21. The van der Waals surface area contributed by atoms with E-state index in [-0.39, 0.29) is 12.1 Å². The predicted molar refractivity (Wildman–Crippen MR) is 96.2 cm³/mol. The van der Waals surface area contributed by atoms with Gasteiger partial charge in [-0.25, -0.2) is 4.98 Å². The quantitative estimate of drug-likeness (QED) is 0.846. The Morgan fingerprint density at radius 3 is 2.64 bits per heavy atom. The number of thiophene rings is 1. The van der Waals surface area contributed by atoms with Gasteiger partial charge in [0, 0.05) is 31.1 Å². The van der Waals surface area contributed by atoms with Gasteiger partial charge in [0.25, 0.3) is 5.56 Å². The number of aromatic amines is 1. The summed E-state index contributed by atoms with van der Waals surface area (Å²) in [6, 6.07) is 0. The van der Waals surface area contributed by atoms with Gasteiger partial charge in [-0.05, 0) is 31.2 Å². The third-order valence-electron chi connectivity index (χ3n) is 5.07. The highest BCUT2D eigenvalue weighted by molar-refractivity contribution is 7.18. The summed E-state index contributed by atoms with van der Waals surface area (Å²) in [6.07, 6.45) is 4.41. The maximum Gasteiger partial charge on any atom is 0.317 e. The number of hydrogen-bond acceptors (Lipinski definition) is 6. The Morgan fingerprint density at radius 1 is 1.16 bits per heavy atom. The molecule has 2 aromatic rings. The van der Waals surface area contributed by atoms with Crippen molar-refractivity contribution in [3.05, 3.63) is 26.6 Å². The van der Waals surface area contributed by atoms with Crippen LogP contribution in [0.4, 0.5) is 0 Å². The molecule has 8 heteroatoms. The first-order valence-electron chi connectivity index (χ1n) is 8.80. The molecule has 1 aliphatic heterocycles. The molecule has 0 saturated carbocycles. The molecule has 2 aromatic heterocycles. The minimum absolute atomic E-state index is 0.0103. The molecule has 2 aliphatic rings. The van der Waals surface area contributed by atoms with Gasteiger partial charge in [0.1, 0.15) is 10.7 Å². The van der Waals surface area contributed by atoms with E-state index in [4.69, 9.17) is 10.1 Å². The summed E-state index contributed by atoms with van der Waals surface area (Å²) in [5, 5.41) is 9.66. The normalized spacial score (nSPS) is 19.2. The van der Waals surface area contributed by atoms with Crippen molar-refractivity contribution in [2.75, 3.05) is 32.7 Å². The van der Waals surface area contributed by atoms with Crippen molar-refractivity contribution in [1.29, 1.82) is 0 Å². The number of carbonyl (C=O) groups is 1. The molecule has 1 saturated heterocycles. The number of nitrogens with zero attached hydrogens (tertiary/aromatic N) is 3. The second kappa shape index (κ2) is 6.86. The van der Waals surface area contributed by atoms with Crippen LogP contribution in [0.25, 0.3) is 10.2 Å². The lowest BCUT2D eigenvalue weighted by Crippen LogP contribution is -2.47. The van der Waals surface area contributed by atoms with Crippen LogP contribution in [0.15, 0.2) is 4.79 Å². The highest BCUT2D eigenvalue weighted by atomic mass is 32.1. The van der Waals surface area contributed by atoms with Crippen molar-refractivity contribution >= 4 is 27.5 Å². The summed E-state index contributed by atoms with van der Waals surface area (Å²) in [6.45, 7) is 3.73. The number of carboxylic acids is 1. The van der Waals surface area contributed by atoms with E-state index in [0.29, 0.717) is 12.4 Å². The molecule has 0 radical (unpaired) electrons. The van der Waals surface area contributed by atoms with E-state index in [1.165, 1.54) is 16.9 Å². The lowest BCUT2D eigenvalue weighted by molar-refractivity contribution is -0.138. The van der Waals surface area contributed by atoms with Crippen LogP contribution in [0.1, 0.15) is 29.1 Å². The maximum atomic E-state index is 12.6. The van der Waals surface area contributed by atoms with Crippen LogP contribution in [0.3, 0.4) is 0 Å². The van der Waals surface area contributed by atoms with Crippen LogP contribution >= 0.6 is 11.3 Å². The van der Waals surface area contributed by atoms with Crippen LogP contribution in [0.2, 0.25) is 0 Å². The molecule has 134 valence electrons. The Kier molecular flexibility index (Phi) is 4.58. The SMILES string of the molecule is O=C(O)CN1CCN(Cc2nc3sc4c(c3c(=O)[nH]2)CCCC4)CC1. The Morgan fingerprint density at radius 2 is 1.88 bits per heavy atom. The van der Waals surface area contributed by atoms with E-state index in [0.717, 1.165) is 55.7 Å². The van der Waals surface area contributed by atoms with E-state index in [1.807, 2.05) is 4.90 Å². The molecule has 0 atom stereocenters. The summed E-state index contributed by atoms with van der Waals surface area (Å²) in [7, 11) is 0. The first kappa shape index (κ1) is 16.7. The fraction of sp³-hybridized carbons (Fsp3) is 0.588. The van der Waals surface area contributed by atoms with Gasteiger partial charge in [-0.1, -0.05) is 0 Å². The zero-order chi connectivity index (χ0) is 17.4. The van der Waals surface area contributed by atoms with Crippen LogP contribution in [-0.2, 0) is 24.2 Å². The molecule has 0 amide bonds. The predicted octanol–water partition coefficient (Wildman–Crippen LogP) is 1.07. The number of piperazine rings is 1. The van der Waals surface area contributed by atoms with E-state index in [9.17, 15) is 9.59 Å². The Bertz CT molecular complexity index is 851. The van der Waals surface area contributed by atoms with Crippen molar-refractivity contribution in [3.8, 4) is 0 Å². The monoisotopic (exact) mass is 362 g/mol. The first-order chi connectivity index (χ1) is 12.1. The zero-order valence-corrected chi connectivity index (χ0v) is 14.9. The molecule has 0 aromatic carbocycles. The van der Waals surface area contributed by atoms with Crippen molar-refractivity contribution < 1.29 is 9.90 Å². The average molecular weight is 362 g/mol. The molecule has 0 bridgehead atoms. The smallest absolute Gasteiger partial charge is 0.317 e. The number of aryl methyl sites for hydroxylation is 2. The Labute approximate surface area is 149 Å².